The first kappa shape index (κ1) is 15.6. The number of hydrogen-bond acceptors (Lipinski definition) is 4. The third-order valence-electron chi connectivity index (χ3n) is 4.03. The second-order valence-electron chi connectivity index (χ2n) is 5.39. The summed E-state index contributed by atoms with van der Waals surface area (Å²) in [5.74, 6) is -0.223. The summed E-state index contributed by atoms with van der Waals surface area (Å²) in [6.07, 6.45) is 0.649. The maximum atomic E-state index is 12.0. The van der Waals surface area contributed by atoms with Gasteiger partial charge in [-0.05, 0) is 25.9 Å². The van der Waals surface area contributed by atoms with Crippen LogP contribution in [0.4, 0.5) is 4.79 Å². The number of amides is 3. The van der Waals surface area contributed by atoms with Gasteiger partial charge in [0.15, 0.2) is 0 Å². The average molecular weight is 298 g/mol. The Morgan fingerprint density at radius 1 is 1.05 bits per heavy atom. The summed E-state index contributed by atoms with van der Waals surface area (Å²) >= 11 is 0. The van der Waals surface area contributed by atoms with E-state index in [0.29, 0.717) is 26.2 Å². The lowest BCUT2D eigenvalue weighted by Gasteiger charge is -2.33. The van der Waals surface area contributed by atoms with Crippen LogP contribution in [0.3, 0.4) is 0 Å². The lowest BCUT2D eigenvalue weighted by atomic mass is 9.97. The fourth-order valence-corrected chi connectivity index (χ4v) is 2.65. The lowest BCUT2D eigenvalue weighted by molar-refractivity contribution is -0.135. The number of hydrogen-bond donors (Lipinski definition) is 3. The molecule has 0 bridgehead atoms. The van der Waals surface area contributed by atoms with Crippen LogP contribution in [0.5, 0.6) is 0 Å². The van der Waals surface area contributed by atoms with E-state index in [9.17, 15) is 14.4 Å². The summed E-state index contributed by atoms with van der Waals surface area (Å²) in [5, 5.41) is 14.7. The van der Waals surface area contributed by atoms with Crippen LogP contribution < -0.4 is 10.6 Å². The Hall–Kier alpha value is -1.83. The molecule has 0 aromatic rings. The molecule has 0 saturated carbocycles. The average Bonchev–Trinajstić information content (AvgIpc) is 2.53. The van der Waals surface area contributed by atoms with Gasteiger partial charge >= 0.3 is 6.09 Å². The molecule has 0 aromatic heterocycles. The Kier molecular flexibility index (Phi) is 5.38. The monoisotopic (exact) mass is 298 g/mol. The van der Waals surface area contributed by atoms with Crippen LogP contribution in [0.25, 0.3) is 0 Å². The molecule has 8 heteroatoms. The van der Waals surface area contributed by atoms with Gasteiger partial charge in [-0.15, -0.1) is 0 Å². The molecule has 0 unspecified atom stereocenters. The molecule has 8 nitrogen and oxygen atoms in total. The van der Waals surface area contributed by atoms with E-state index in [0.717, 1.165) is 25.9 Å². The van der Waals surface area contributed by atoms with Gasteiger partial charge in [-0.3, -0.25) is 9.59 Å². The molecule has 2 aliphatic rings. The number of rotatable bonds is 3. The Bertz CT molecular complexity index is 401. The van der Waals surface area contributed by atoms with Crippen molar-refractivity contribution in [3.63, 3.8) is 0 Å². The van der Waals surface area contributed by atoms with Gasteiger partial charge in [-0.2, -0.15) is 0 Å². The zero-order valence-electron chi connectivity index (χ0n) is 12.0. The van der Waals surface area contributed by atoms with E-state index in [-0.39, 0.29) is 24.3 Å². The number of carboxylic acid groups (broad SMARTS) is 1. The zero-order chi connectivity index (χ0) is 15.2. The summed E-state index contributed by atoms with van der Waals surface area (Å²) in [7, 11) is 0. The molecule has 0 aromatic carbocycles. The number of carbonyl (C=O) groups is 3. The minimum absolute atomic E-state index is 0.00413. The maximum Gasteiger partial charge on any atom is 0.407 e. The molecule has 0 spiro atoms. The van der Waals surface area contributed by atoms with Gasteiger partial charge in [0, 0.05) is 32.1 Å². The van der Waals surface area contributed by atoms with Gasteiger partial charge in [-0.25, -0.2) is 4.79 Å². The molecule has 118 valence electrons. The van der Waals surface area contributed by atoms with Crippen molar-refractivity contribution in [2.75, 3.05) is 45.8 Å². The van der Waals surface area contributed by atoms with Crippen molar-refractivity contribution < 1.29 is 19.5 Å². The van der Waals surface area contributed by atoms with Crippen molar-refractivity contribution in [1.82, 2.24) is 20.4 Å². The fourth-order valence-electron chi connectivity index (χ4n) is 2.65. The van der Waals surface area contributed by atoms with Gasteiger partial charge in [0.05, 0.1) is 6.54 Å². The predicted molar refractivity (Wildman–Crippen MR) is 74.8 cm³/mol. The summed E-state index contributed by atoms with van der Waals surface area (Å²) in [5.41, 5.74) is 0. The summed E-state index contributed by atoms with van der Waals surface area (Å²) in [6, 6.07) is 0. The normalized spacial score (nSPS) is 20.2. The van der Waals surface area contributed by atoms with Crippen LogP contribution in [0, 0.1) is 5.92 Å². The highest BCUT2D eigenvalue weighted by Gasteiger charge is 2.25. The first-order valence-corrected chi connectivity index (χ1v) is 7.32. The van der Waals surface area contributed by atoms with Crippen LogP contribution >= 0.6 is 0 Å². The van der Waals surface area contributed by atoms with Gasteiger partial charge in [0.2, 0.25) is 11.8 Å². The Morgan fingerprint density at radius 3 is 2.19 bits per heavy atom. The van der Waals surface area contributed by atoms with Gasteiger partial charge in [0.1, 0.15) is 0 Å². The van der Waals surface area contributed by atoms with Crippen molar-refractivity contribution in [1.29, 1.82) is 0 Å². The highest BCUT2D eigenvalue weighted by molar-refractivity contribution is 5.86. The summed E-state index contributed by atoms with van der Waals surface area (Å²) in [6.45, 7) is 3.08. The van der Waals surface area contributed by atoms with Crippen LogP contribution in [-0.2, 0) is 9.59 Å². The molecule has 2 aliphatic heterocycles. The van der Waals surface area contributed by atoms with E-state index in [1.54, 1.807) is 4.90 Å². The van der Waals surface area contributed by atoms with E-state index in [2.05, 4.69) is 10.6 Å². The fraction of sp³-hybridized carbons (Fsp3) is 0.769. The van der Waals surface area contributed by atoms with Crippen molar-refractivity contribution >= 4 is 17.9 Å². The molecule has 2 fully saturated rings. The Labute approximate surface area is 123 Å². The van der Waals surface area contributed by atoms with Crippen molar-refractivity contribution in [3.05, 3.63) is 0 Å². The second-order valence-corrected chi connectivity index (χ2v) is 5.39. The minimum atomic E-state index is -0.957. The predicted octanol–water partition coefficient (Wildman–Crippen LogP) is -1.08. The smallest absolute Gasteiger partial charge is 0.407 e. The van der Waals surface area contributed by atoms with Gasteiger partial charge in [0.25, 0.3) is 0 Å². The third kappa shape index (κ3) is 4.32. The molecule has 2 saturated heterocycles. The topological polar surface area (TPSA) is 102 Å². The molecule has 0 aliphatic carbocycles. The van der Waals surface area contributed by atoms with E-state index in [1.165, 1.54) is 4.90 Å². The quantitative estimate of drug-likeness (QED) is 0.615. The maximum absolute atomic E-state index is 12.0. The van der Waals surface area contributed by atoms with E-state index in [4.69, 9.17) is 5.11 Å². The number of nitrogens with zero attached hydrogens (tertiary/aromatic N) is 2. The van der Waals surface area contributed by atoms with E-state index in [1.807, 2.05) is 0 Å². The molecule has 21 heavy (non-hydrogen) atoms. The molecular formula is C13H22N4O4. The number of carbonyl (C=O) groups excluding carboxylic acids is 2. The van der Waals surface area contributed by atoms with Crippen LogP contribution in [0.1, 0.15) is 12.8 Å². The van der Waals surface area contributed by atoms with Crippen molar-refractivity contribution in [2.45, 2.75) is 12.8 Å². The lowest BCUT2D eigenvalue weighted by Crippen LogP contribution is -2.52. The largest absolute Gasteiger partial charge is 0.465 e. The van der Waals surface area contributed by atoms with Crippen molar-refractivity contribution in [3.8, 4) is 0 Å². The highest BCUT2D eigenvalue weighted by Crippen LogP contribution is 2.11. The second kappa shape index (κ2) is 7.26. The first-order chi connectivity index (χ1) is 10.1. The molecule has 2 rings (SSSR count). The zero-order valence-corrected chi connectivity index (χ0v) is 12.0. The number of piperidine rings is 1. The SMILES string of the molecule is O=C(NCC(=O)N1CCN(C(=O)O)CC1)C1CCNCC1. The molecule has 0 atom stereocenters. The highest BCUT2D eigenvalue weighted by atomic mass is 16.4. The third-order valence-corrected chi connectivity index (χ3v) is 4.03. The molecule has 0 radical (unpaired) electrons. The standard InChI is InChI=1S/C13H22N4O4/c18-11(16-5-7-17(8-6-16)13(20)21)9-15-12(19)10-1-3-14-4-2-10/h10,14H,1-9H2,(H,15,19)(H,20,21). The summed E-state index contributed by atoms with van der Waals surface area (Å²) < 4.78 is 0. The molecule has 3 amide bonds. The van der Waals surface area contributed by atoms with E-state index >= 15 is 0 Å². The minimum Gasteiger partial charge on any atom is -0.465 e. The molecule has 2 heterocycles. The number of nitrogens with one attached hydrogen (secondary N) is 2. The van der Waals surface area contributed by atoms with E-state index < -0.39 is 6.09 Å². The molecule has 3 N–H and O–H groups in total. The first-order valence-electron chi connectivity index (χ1n) is 7.32. The Morgan fingerprint density at radius 2 is 1.62 bits per heavy atom. The van der Waals surface area contributed by atoms with Crippen LogP contribution in [0.15, 0.2) is 0 Å². The molecular weight excluding hydrogens is 276 g/mol. The van der Waals surface area contributed by atoms with Crippen LogP contribution in [0.2, 0.25) is 0 Å². The van der Waals surface area contributed by atoms with Crippen molar-refractivity contribution in [2.24, 2.45) is 5.92 Å². The van der Waals surface area contributed by atoms with Gasteiger partial charge in [-0.1, -0.05) is 0 Å². The van der Waals surface area contributed by atoms with Crippen LogP contribution in [-0.4, -0.2) is 78.6 Å². The number of piperazine rings is 1. The Balaban J connectivity index is 1.70. The van der Waals surface area contributed by atoms with Gasteiger partial charge < -0.3 is 25.5 Å². The summed E-state index contributed by atoms with van der Waals surface area (Å²) in [4.78, 5) is 37.6.